The number of amides is 1. The highest BCUT2D eigenvalue weighted by Crippen LogP contribution is 2.32. The van der Waals surface area contributed by atoms with Crippen LogP contribution in [0.2, 0.25) is 0 Å². The zero-order valence-corrected chi connectivity index (χ0v) is 15.9. The molecule has 0 spiro atoms. The molecule has 1 aliphatic heterocycles. The lowest BCUT2D eigenvalue weighted by Gasteiger charge is -2.30. The van der Waals surface area contributed by atoms with Gasteiger partial charge in [0.15, 0.2) is 0 Å². The van der Waals surface area contributed by atoms with E-state index in [1.165, 1.54) is 27.7 Å². The lowest BCUT2D eigenvalue weighted by molar-refractivity contribution is -0.138. The van der Waals surface area contributed by atoms with Crippen LogP contribution in [0.25, 0.3) is 0 Å². The van der Waals surface area contributed by atoms with Crippen molar-refractivity contribution in [1.29, 1.82) is 0 Å². The Morgan fingerprint density at radius 3 is 2.54 bits per heavy atom. The van der Waals surface area contributed by atoms with E-state index in [4.69, 9.17) is 4.74 Å². The second kappa shape index (κ2) is 7.03. The SMILES string of the molecule is CC(C)(C)OC(=O)N1CCc2c([nH]c(=O)n2Cc2ccccc2C(F)(F)F)C1. The first-order chi connectivity index (χ1) is 13.0. The van der Waals surface area contributed by atoms with Crippen molar-refractivity contribution in [2.45, 2.75) is 52.1 Å². The molecule has 2 aromatic rings. The maximum atomic E-state index is 13.2. The van der Waals surface area contributed by atoms with Gasteiger partial charge in [-0.3, -0.25) is 4.57 Å². The third-order valence-corrected chi connectivity index (χ3v) is 4.45. The average molecular weight is 397 g/mol. The van der Waals surface area contributed by atoms with Gasteiger partial charge in [-0.15, -0.1) is 0 Å². The molecule has 3 rings (SSSR count). The van der Waals surface area contributed by atoms with Gasteiger partial charge in [-0.25, -0.2) is 9.59 Å². The van der Waals surface area contributed by atoms with E-state index in [-0.39, 0.29) is 18.7 Å². The summed E-state index contributed by atoms with van der Waals surface area (Å²) in [5.41, 5.74) is -0.740. The summed E-state index contributed by atoms with van der Waals surface area (Å²) < 4.78 is 46.4. The Labute approximate surface area is 159 Å². The van der Waals surface area contributed by atoms with Crippen molar-refractivity contribution >= 4 is 6.09 Å². The molecule has 1 amide bonds. The molecule has 1 aliphatic rings. The van der Waals surface area contributed by atoms with Crippen LogP contribution < -0.4 is 5.69 Å². The number of rotatable bonds is 2. The normalized spacial score (nSPS) is 14.7. The highest BCUT2D eigenvalue weighted by atomic mass is 19.4. The summed E-state index contributed by atoms with van der Waals surface area (Å²) >= 11 is 0. The fourth-order valence-corrected chi connectivity index (χ4v) is 3.24. The maximum Gasteiger partial charge on any atom is 0.416 e. The zero-order valence-electron chi connectivity index (χ0n) is 15.9. The number of nitrogens with zero attached hydrogens (tertiary/aromatic N) is 2. The summed E-state index contributed by atoms with van der Waals surface area (Å²) in [6, 6.07) is 5.20. The Kier molecular flexibility index (Phi) is 5.03. The van der Waals surface area contributed by atoms with Crippen LogP contribution in [-0.4, -0.2) is 32.7 Å². The Morgan fingerprint density at radius 1 is 1.21 bits per heavy atom. The lowest BCUT2D eigenvalue weighted by Crippen LogP contribution is -2.40. The molecular formula is C19H22F3N3O3. The minimum Gasteiger partial charge on any atom is -0.444 e. The van der Waals surface area contributed by atoms with Crippen molar-refractivity contribution < 1.29 is 22.7 Å². The fourth-order valence-electron chi connectivity index (χ4n) is 3.24. The number of aromatic nitrogens is 2. The molecule has 1 N–H and O–H groups in total. The molecule has 0 bridgehead atoms. The minimum atomic E-state index is -4.50. The largest absolute Gasteiger partial charge is 0.444 e. The summed E-state index contributed by atoms with van der Waals surface area (Å²) in [6.07, 6.45) is -4.64. The van der Waals surface area contributed by atoms with Crippen molar-refractivity contribution in [3.63, 3.8) is 0 Å². The summed E-state index contributed by atoms with van der Waals surface area (Å²) in [6.45, 7) is 5.56. The van der Waals surface area contributed by atoms with E-state index in [9.17, 15) is 22.8 Å². The monoisotopic (exact) mass is 397 g/mol. The van der Waals surface area contributed by atoms with Crippen LogP contribution in [0.5, 0.6) is 0 Å². The van der Waals surface area contributed by atoms with Crippen LogP contribution >= 0.6 is 0 Å². The van der Waals surface area contributed by atoms with E-state index in [2.05, 4.69) is 4.98 Å². The van der Waals surface area contributed by atoms with Gasteiger partial charge in [-0.05, 0) is 32.4 Å². The van der Waals surface area contributed by atoms with Crippen molar-refractivity contribution in [2.24, 2.45) is 0 Å². The molecule has 152 valence electrons. The number of ether oxygens (including phenoxy) is 1. The third-order valence-electron chi connectivity index (χ3n) is 4.45. The molecule has 0 radical (unpaired) electrons. The van der Waals surface area contributed by atoms with Gasteiger partial charge in [0.2, 0.25) is 0 Å². The Hall–Kier alpha value is -2.71. The lowest BCUT2D eigenvalue weighted by atomic mass is 10.1. The number of nitrogens with one attached hydrogen (secondary N) is 1. The topological polar surface area (TPSA) is 67.3 Å². The Balaban J connectivity index is 1.85. The molecule has 0 saturated heterocycles. The standard InChI is InChI=1S/C19H22F3N3O3/c1-18(2,3)28-17(27)24-9-8-15-14(11-24)23-16(26)25(15)10-12-6-4-5-7-13(12)19(20,21)22/h4-7H,8-11H2,1-3H3,(H,23,26). The maximum absolute atomic E-state index is 13.2. The van der Waals surface area contributed by atoms with Gasteiger partial charge in [-0.1, -0.05) is 18.2 Å². The average Bonchev–Trinajstić information content (AvgIpc) is 2.88. The number of carbonyl (C=O) groups excluding carboxylic acids is 1. The number of halogens is 3. The number of hydrogen-bond donors (Lipinski definition) is 1. The number of aromatic amines is 1. The predicted octanol–water partition coefficient (Wildman–Crippen LogP) is 3.54. The van der Waals surface area contributed by atoms with E-state index < -0.39 is 29.1 Å². The van der Waals surface area contributed by atoms with E-state index in [1.807, 2.05) is 0 Å². The van der Waals surface area contributed by atoms with Crippen LogP contribution in [0.15, 0.2) is 29.1 Å². The minimum absolute atomic E-state index is 0.0217. The second-order valence-electron chi connectivity index (χ2n) is 7.75. The Bertz CT molecular complexity index is 938. The van der Waals surface area contributed by atoms with Crippen LogP contribution in [0, 0.1) is 0 Å². The molecule has 0 saturated carbocycles. The third kappa shape index (κ3) is 4.23. The number of hydrogen-bond acceptors (Lipinski definition) is 3. The van der Waals surface area contributed by atoms with Gasteiger partial charge in [0, 0.05) is 18.7 Å². The molecule has 0 fully saturated rings. The number of benzene rings is 1. The molecule has 1 aromatic carbocycles. The van der Waals surface area contributed by atoms with Gasteiger partial charge in [0.05, 0.1) is 24.3 Å². The molecule has 1 aromatic heterocycles. The molecule has 0 unspecified atom stereocenters. The number of imidazole rings is 1. The second-order valence-corrected chi connectivity index (χ2v) is 7.75. The zero-order chi connectivity index (χ0) is 20.7. The number of alkyl halides is 3. The van der Waals surface area contributed by atoms with Crippen LogP contribution in [0.3, 0.4) is 0 Å². The number of H-pyrrole nitrogens is 1. The molecule has 0 aliphatic carbocycles. The first-order valence-electron chi connectivity index (χ1n) is 8.89. The van der Waals surface area contributed by atoms with Crippen LogP contribution in [0.4, 0.5) is 18.0 Å². The van der Waals surface area contributed by atoms with Crippen LogP contribution in [0.1, 0.15) is 43.3 Å². The van der Waals surface area contributed by atoms with Crippen molar-refractivity contribution in [3.8, 4) is 0 Å². The molecule has 6 nitrogen and oxygen atoms in total. The van der Waals surface area contributed by atoms with Gasteiger partial charge in [0.25, 0.3) is 0 Å². The molecule has 0 atom stereocenters. The number of carbonyl (C=O) groups is 1. The van der Waals surface area contributed by atoms with Gasteiger partial charge in [0.1, 0.15) is 5.60 Å². The number of fused-ring (bicyclic) bond motifs is 1. The van der Waals surface area contributed by atoms with Gasteiger partial charge >= 0.3 is 18.0 Å². The van der Waals surface area contributed by atoms with Gasteiger partial charge < -0.3 is 14.6 Å². The molecule has 9 heteroatoms. The van der Waals surface area contributed by atoms with Crippen molar-refractivity contribution in [1.82, 2.24) is 14.5 Å². The van der Waals surface area contributed by atoms with E-state index in [1.54, 1.807) is 20.8 Å². The van der Waals surface area contributed by atoms with Crippen molar-refractivity contribution in [3.05, 3.63) is 57.3 Å². The quantitative estimate of drug-likeness (QED) is 0.843. The van der Waals surface area contributed by atoms with Crippen LogP contribution in [-0.2, 0) is 30.4 Å². The summed E-state index contributed by atoms with van der Waals surface area (Å²) in [5.74, 6) is 0. The summed E-state index contributed by atoms with van der Waals surface area (Å²) in [7, 11) is 0. The molecule has 28 heavy (non-hydrogen) atoms. The molecular weight excluding hydrogens is 375 g/mol. The fraction of sp³-hybridized carbons (Fsp3) is 0.474. The Morgan fingerprint density at radius 2 is 1.89 bits per heavy atom. The first kappa shape index (κ1) is 20.0. The van der Waals surface area contributed by atoms with E-state index in [0.29, 0.717) is 24.4 Å². The summed E-state index contributed by atoms with van der Waals surface area (Å²) in [5, 5.41) is 0. The predicted molar refractivity (Wildman–Crippen MR) is 95.9 cm³/mol. The van der Waals surface area contributed by atoms with Crippen molar-refractivity contribution in [2.75, 3.05) is 6.54 Å². The van der Waals surface area contributed by atoms with E-state index >= 15 is 0 Å². The van der Waals surface area contributed by atoms with E-state index in [0.717, 1.165) is 6.07 Å². The highest BCUT2D eigenvalue weighted by molar-refractivity contribution is 5.68. The first-order valence-corrected chi connectivity index (χ1v) is 8.89. The van der Waals surface area contributed by atoms with Gasteiger partial charge in [-0.2, -0.15) is 13.2 Å². The molecule has 2 heterocycles. The smallest absolute Gasteiger partial charge is 0.416 e. The summed E-state index contributed by atoms with van der Waals surface area (Å²) in [4.78, 5) is 28.7. The highest BCUT2D eigenvalue weighted by Gasteiger charge is 2.34.